The van der Waals surface area contributed by atoms with Gasteiger partial charge in [0, 0.05) is 19.1 Å². The molecule has 6 heteroatoms. The average Bonchev–Trinajstić information content (AvgIpc) is 3.16. The summed E-state index contributed by atoms with van der Waals surface area (Å²) < 4.78 is 0. The van der Waals surface area contributed by atoms with E-state index in [0.717, 1.165) is 37.5 Å². The van der Waals surface area contributed by atoms with Crippen LogP contribution in [0.3, 0.4) is 0 Å². The van der Waals surface area contributed by atoms with E-state index in [1.165, 1.54) is 11.3 Å². The normalized spacial score (nSPS) is 14.6. The molecule has 3 N–H and O–H groups in total. The molecular formula is C14H24N4OS. The Kier molecular flexibility index (Phi) is 4.86. The van der Waals surface area contributed by atoms with E-state index >= 15 is 0 Å². The summed E-state index contributed by atoms with van der Waals surface area (Å²) in [5.41, 5.74) is 5.91. The molecule has 0 spiro atoms. The molecule has 1 heterocycles. The molecule has 1 fully saturated rings. The summed E-state index contributed by atoms with van der Waals surface area (Å²) >= 11 is 1.37. The van der Waals surface area contributed by atoms with Gasteiger partial charge in [0.25, 0.3) is 5.91 Å². The van der Waals surface area contributed by atoms with Crippen LogP contribution in [0.1, 0.15) is 49.7 Å². The van der Waals surface area contributed by atoms with E-state index in [1.807, 2.05) is 4.90 Å². The molecule has 0 radical (unpaired) electrons. The first-order valence-corrected chi connectivity index (χ1v) is 8.15. The van der Waals surface area contributed by atoms with Crippen molar-refractivity contribution in [1.29, 1.82) is 0 Å². The molecule has 2 rings (SSSR count). The molecule has 0 aromatic carbocycles. The number of nitrogens with one attached hydrogen (secondary N) is 1. The molecule has 5 nitrogen and oxygen atoms in total. The quantitative estimate of drug-likeness (QED) is 0.811. The van der Waals surface area contributed by atoms with Crippen LogP contribution in [0.5, 0.6) is 0 Å². The molecule has 1 amide bonds. The fourth-order valence-corrected chi connectivity index (χ4v) is 2.97. The summed E-state index contributed by atoms with van der Waals surface area (Å²) in [7, 11) is 0. The lowest BCUT2D eigenvalue weighted by Crippen LogP contribution is -2.36. The molecule has 0 saturated heterocycles. The van der Waals surface area contributed by atoms with Gasteiger partial charge < -0.3 is 16.0 Å². The largest absolute Gasteiger partial charge is 0.382 e. The summed E-state index contributed by atoms with van der Waals surface area (Å²) in [4.78, 5) is 19.5. The van der Waals surface area contributed by atoms with E-state index < -0.39 is 0 Å². The van der Waals surface area contributed by atoms with Crippen molar-refractivity contribution >= 4 is 28.2 Å². The minimum absolute atomic E-state index is 0.0424. The first-order valence-electron chi connectivity index (χ1n) is 7.34. The van der Waals surface area contributed by atoms with Crippen LogP contribution in [0.4, 0.5) is 10.9 Å². The molecule has 1 aromatic heterocycles. The highest BCUT2D eigenvalue weighted by molar-refractivity contribution is 7.18. The highest BCUT2D eigenvalue weighted by Gasteiger charge is 2.35. The third-order valence-corrected chi connectivity index (χ3v) is 4.20. The number of carbonyl (C=O) groups is 1. The number of carbonyl (C=O) groups excluding carboxylic acids is 1. The predicted molar refractivity (Wildman–Crippen MR) is 84.2 cm³/mol. The van der Waals surface area contributed by atoms with Crippen molar-refractivity contribution in [2.45, 2.75) is 46.1 Å². The number of aromatic nitrogens is 1. The van der Waals surface area contributed by atoms with Gasteiger partial charge >= 0.3 is 0 Å². The van der Waals surface area contributed by atoms with Gasteiger partial charge in [0.2, 0.25) is 0 Å². The zero-order valence-corrected chi connectivity index (χ0v) is 13.3. The van der Waals surface area contributed by atoms with Gasteiger partial charge in [0.1, 0.15) is 10.7 Å². The number of nitrogens with two attached hydrogens (primary N) is 1. The second kappa shape index (κ2) is 6.43. The maximum Gasteiger partial charge on any atom is 0.268 e. The third-order valence-electron chi connectivity index (χ3n) is 3.18. The van der Waals surface area contributed by atoms with Crippen molar-refractivity contribution in [2.75, 3.05) is 24.1 Å². The zero-order chi connectivity index (χ0) is 14.7. The maximum absolute atomic E-state index is 12.7. The molecule has 1 aliphatic carbocycles. The number of hydrogen-bond donors (Lipinski definition) is 2. The first-order chi connectivity index (χ1) is 9.52. The molecule has 1 aromatic rings. The molecule has 112 valence electrons. The van der Waals surface area contributed by atoms with Crippen molar-refractivity contribution in [3.63, 3.8) is 0 Å². The summed E-state index contributed by atoms with van der Waals surface area (Å²) in [5.74, 6) is 0.861. The van der Waals surface area contributed by atoms with E-state index in [1.54, 1.807) is 0 Å². The number of rotatable bonds is 7. The topological polar surface area (TPSA) is 71.2 Å². The molecule has 20 heavy (non-hydrogen) atoms. The summed E-state index contributed by atoms with van der Waals surface area (Å²) in [6.45, 7) is 7.99. The van der Waals surface area contributed by atoms with Gasteiger partial charge in [-0.05, 0) is 25.2 Å². The van der Waals surface area contributed by atoms with Crippen LogP contribution >= 0.6 is 11.3 Å². The average molecular weight is 296 g/mol. The Morgan fingerprint density at radius 3 is 2.80 bits per heavy atom. The molecule has 1 aliphatic rings. The minimum Gasteiger partial charge on any atom is -0.382 e. The van der Waals surface area contributed by atoms with Crippen molar-refractivity contribution in [3.05, 3.63) is 4.88 Å². The lowest BCUT2D eigenvalue weighted by atomic mass is 10.2. The number of thiazole rings is 1. The zero-order valence-electron chi connectivity index (χ0n) is 12.5. The Morgan fingerprint density at radius 1 is 1.55 bits per heavy atom. The van der Waals surface area contributed by atoms with Gasteiger partial charge in [-0.2, -0.15) is 0 Å². The Balaban J connectivity index is 2.11. The molecule has 0 atom stereocenters. The van der Waals surface area contributed by atoms with Crippen LogP contribution in [0.2, 0.25) is 0 Å². The number of amides is 1. The van der Waals surface area contributed by atoms with Gasteiger partial charge in [-0.15, -0.1) is 0 Å². The SMILES string of the molecule is CCCNc1nc(N)c(C(=O)N(CC(C)C)C2CC2)s1. The van der Waals surface area contributed by atoms with Crippen LogP contribution in [-0.2, 0) is 0 Å². The van der Waals surface area contributed by atoms with Crippen LogP contribution in [0.25, 0.3) is 0 Å². The molecule has 0 bridgehead atoms. The Labute approximate surface area is 124 Å². The number of anilines is 2. The van der Waals surface area contributed by atoms with Crippen molar-refractivity contribution in [3.8, 4) is 0 Å². The van der Waals surface area contributed by atoms with Gasteiger partial charge in [0.15, 0.2) is 5.13 Å². The predicted octanol–water partition coefficient (Wildman–Crippen LogP) is 2.81. The fraction of sp³-hybridized carbons (Fsp3) is 0.714. The summed E-state index contributed by atoms with van der Waals surface area (Å²) in [5, 5.41) is 3.94. The van der Waals surface area contributed by atoms with Crippen LogP contribution in [0.15, 0.2) is 0 Å². The molecule has 1 saturated carbocycles. The van der Waals surface area contributed by atoms with Gasteiger partial charge in [-0.1, -0.05) is 32.1 Å². The molecular weight excluding hydrogens is 272 g/mol. The number of nitrogens with zero attached hydrogens (tertiary/aromatic N) is 2. The standard InChI is InChI=1S/C14H24N4OS/c1-4-7-16-14-17-12(15)11(20-14)13(19)18(8-9(2)3)10-5-6-10/h9-10H,4-8,15H2,1-3H3,(H,16,17). The second-order valence-corrected chi connectivity index (χ2v) is 6.74. The smallest absolute Gasteiger partial charge is 0.268 e. The minimum atomic E-state index is 0.0424. The highest BCUT2D eigenvalue weighted by atomic mass is 32.1. The van der Waals surface area contributed by atoms with Crippen molar-refractivity contribution in [2.24, 2.45) is 5.92 Å². The lowest BCUT2D eigenvalue weighted by molar-refractivity contribution is 0.0728. The van der Waals surface area contributed by atoms with Crippen LogP contribution in [0, 0.1) is 5.92 Å². The van der Waals surface area contributed by atoms with Crippen LogP contribution in [-0.4, -0.2) is 34.9 Å². The Hall–Kier alpha value is -1.30. The molecule has 0 unspecified atom stereocenters. The van der Waals surface area contributed by atoms with E-state index in [9.17, 15) is 4.79 Å². The number of hydrogen-bond acceptors (Lipinski definition) is 5. The lowest BCUT2D eigenvalue weighted by Gasteiger charge is -2.23. The maximum atomic E-state index is 12.7. The van der Waals surface area contributed by atoms with Gasteiger partial charge in [-0.25, -0.2) is 4.98 Å². The first kappa shape index (κ1) is 15.1. The number of nitrogen functional groups attached to an aromatic ring is 1. The summed E-state index contributed by atoms with van der Waals surface area (Å²) in [6.07, 6.45) is 3.24. The van der Waals surface area contributed by atoms with Crippen LogP contribution < -0.4 is 11.1 Å². The van der Waals surface area contributed by atoms with E-state index in [2.05, 4.69) is 31.1 Å². The monoisotopic (exact) mass is 296 g/mol. The fourth-order valence-electron chi connectivity index (χ4n) is 2.10. The summed E-state index contributed by atoms with van der Waals surface area (Å²) in [6, 6.07) is 0.401. The Bertz CT molecular complexity index is 468. The second-order valence-electron chi connectivity index (χ2n) is 5.74. The van der Waals surface area contributed by atoms with Gasteiger partial charge in [0.05, 0.1) is 0 Å². The van der Waals surface area contributed by atoms with E-state index in [0.29, 0.717) is 22.7 Å². The molecule has 0 aliphatic heterocycles. The van der Waals surface area contributed by atoms with E-state index in [-0.39, 0.29) is 5.91 Å². The third kappa shape index (κ3) is 3.62. The highest BCUT2D eigenvalue weighted by Crippen LogP contribution is 2.32. The van der Waals surface area contributed by atoms with Gasteiger partial charge in [-0.3, -0.25) is 4.79 Å². The van der Waals surface area contributed by atoms with Crippen molar-refractivity contribution < 1.29 is 4.79 Å². The van der Waals surface area contributed by atoms with E-state index in [4.69, 9.17) is 5.73 Å². The Morgan fingerprint density at radius 2 is 2.25 bits per heavy atom. The van der Waals surface area contributed by atoms with Crippen molar-refractivity contribution in [1.82, 2.24) is 9.88 Å².